The van der Waals surface area contributed by atoms with Crippen molar-refractivity contribution in [2.75, 3.05) is 7.11 Å². The zero-order valence-corrected chi connectivity index (χ0v) is 10.4. The number of ether oxygens (including phenoxy) is 1. The molecule has 0 aliphatic heterocycles. The van der Waals surface area contributed by atoms with E-state index >= 15 is 0 Å². The van der Waals surface area contributed by atoms with Gasteiger partial charge in [0.15, 0.2) is 0 Å². The van der Waals surface area contributed by atoms with Crippen LogP contribution in [0, 0.1) is 0 Å². The van der Waals surface area contributed by atoms with E-state index in [1.54, 1.807) is 24.5 Å². The molecule has 7 nitrogen and oxygen atoms in total. The third-order valence-electron chi connectivity index (χ3n) is 2.49. The molecule has 0 radical (unpaired) electrons. The molecule has 0 atom stereocenters. The van der Waals surface area contributed by atoms with Crippen molar-refractivity contribution in [2.45, 2.75) is 19.4 Å². The molecule has 0 saturated carbocycles. The molecule has 100 valence electrons. The van der Waals surface area contributed by atoms with Gasteiger partial charge in [0.05, 0.1) is 12.7 Å². The number of hydrogen-bond donors (Lipinski definition) is 0. The van der Waals surface area contributed by atoms with Crippen molar-refractivity contribution in [1.29, 1.82) is 0 Å². The Labute approximate surface area is 108 Å². The van der Waals surface area contributed by atoms with Crippen LogP contribution in [-0.2, 0) is 16.1 Å². The Morgan fingerprint density at radius 3 is 3.05 bits per heavy atom. The number of aromatic nitrogens is 3. The second kappa shape index (κ2) is 5.94. The van der Waals surface area contributed by atoms with Crippen molar-refractivity contribution in [1.82, 2.24) is 14.8 Å². The fourth-order valence-corrected chi connectivity index (χ4v) is 1.53. The summed E-state index contributed by atoms with van der Waals surface area (Å²) in [4.78, 5) is 26.4. The third-order valence-corrected chi connectivity index (χ3v) is 2.49. The Hall–Kier alpha value is -2.44. The summed E-state index contributed by atoms with van der Waals surface area (Å²) in [5.41, 5.74) is 0.631. The number of esters is 1. The van der Waals surface area contributed by atoms with Gasteiger partial charge in [-0.15, -0.1) is 5.10 Å². The number of hydrogen-bond acceptors (Lipinski definition) is 6. The molecule has 0 spiro atoms. The minimum absolute atomic E-state index is 0.219. The van der Waals surface area contributed by atoms with Crippen LogP contribution in [0.5, 0.6) is 0 Å². The van der Waals surface area contributed by atoms with Crippen LogP contribution in [0.25, 0.3) is 11.5 Å². The fraction of sp³-hybridized carbons (Fsp3) is 0.333. The van der Waals surface area contributed by atoms with Crippen LogP contribution in [0.15, 0.2) is 33.7 Å². The highest BCUT2D eigenvalue weighted by Crippen LogP contribution is 2.12. The van der Waals surface area contributed by atoms with Gasteiger partial charge in [0.1, 0.15) is 0 Å². The molecular weight excluding hydrogens is 250 g/mol. The standard InChI is InChI=1S/C12H13N3O4/c1-18-10(16)5-3-7-15-12(17)19-11(14-15)9-4-2-6-13-8-9/h2,4,6,8H,3,5,7H2,1H3. The Kier molecular flexibility index (Phi) is 4.07. The maximum absolute atomic E-state index is 11.6. The SMILES string of the molecule is COC(=O)CCCn1nc(-c2cccnc2)oc1=O. The topological polar surface area (TPSA) is 87.2 Å². The highest BCUT2D eigenvalue weighted by molar-refractivity contribution is 5.68. The second-order valence-electron chi connectivity index (χ2n) is 3.82. The van der Waals surface area contributed by atoms with Crippen LogP contribution in [0.2, 0.25) is 0 Å². The average Bonchev–Trinajstić information content (AvgIpc) is 2.81. The van der Waals surface area contributed by atoms with Crippen molar-refractivity contribution in [2.24, 2.45) is 0 Å². The van der Waals surface area contributed by atoms with Crippen LogP contribution in [-0.4, -0.2) is 27.8 Å². The van der Waals surface area contributed by atoms with E-state index in [0.29, 0.717) is 18.5 Å². The highest BCUT2D eigenvalue weighted by atomic mass is 16.5. The molecule has 7 heteroatoms. The molecular formula is C12H13N3O4. The van der Waals surface area contributed by atoms with Gasteiger partial charge in [0, 0.05) is 25.4 Å². The van der Waals surface area contributed by atoms with E-state index in [1.807, 2.05) is 0 Å². The van der Waals surface area contributed by atoms with Gasteiger partial charge in [-0.2, -0.15) is 4.68 Å². The van der Waals surface area contributed by atoms with E-state index in [1.165, 1.54) is 11.8 Å². The minimum atomic E-state index is -0.552. The van der Waals surface area contributed by atoms with Crippen LogP contribution < -0.4 is 5.76 Å². The first-order valence-corrected chi connectivity index (χ1v) is 5.76. The summed E-state index contributed by atoms with van der Waals surface area (Å²) in [6.45, 7) is 0.303. The zero-order valence-electron chi connectivity index (χ0n) is 10.4. The van der Waals surface area contributed by atoms with Crippen LogP contribution in [0.3, 0.4) is 0 Å². The smallest absolute Gasteiger partial charge is 0.437 e. The van der Waals surface area contributed by atoms with Crippen molar-refractivity contribution in [3.8, 4) is 11.5 Å². The summed E-state index contributed by atoms with van der Waals surface area (Å²) in [6.07, 6.45) is 3.88. The molecule has 0 aromatic carbocycles. The minimum Gasteiger partial charge on any atom is -0.469 e. The number of rotatable bonds is 5. The first-order valence-electron chi connectivity index (χ1n) is 5.76. The maximum Gasteiger partial charge on any atom is 0.437 e. The number of pyridine rings is 1. The van der Waals surface area contributed by atoms with Gasteiger partial charge < -0.3 is 9.15 Å². The van der Waals surface area contributed by atoms with Gasteiger partial charge in [-0.1, -0.05) is 0 Å². The van der Waals surface area contributed by atoms with Gasteiger partial charge in [0.2, 0.25) is 0 Å². The fourth-order valence-electron chi connectivity index (χ4n) is 1.53. The van der Waals surface area contributed by atoms with Crippen molar-refractivity contribution < 1.29 is 13.9 Å². The Bertz CT molecular complexity index is 603. The molecule has 0 amide bonds. The Morgan fingerprint density at radius 2 is 2.37 bits per heavy atom. The molecule has 0 aliphatic rings. The van der Waals surface area contributed by atoms with Gasteiger partial charge in [-0.25, -0.2) is 4.79 Å². The summed E-state index contributed by atoms with van der Waals surface area (Å²) in [5, 5.41) is 4.05. The first-order chi connectivity index (χ1) is 9.20. The van der Waals surface area contributed by atoms with Gasteiger partial charge >= 0.3 is 11.7 Å². The summed E-state index contributed by atoms with van der Waals surface area (Å²) < 4.78 is 10.7. The van der Waals surface area contributed by atoms with E-state index in [0.717, 1.165) is 0 Å². The molecule has 0 N–H and O–H groups in total. The van der Waals surface area contributed by atoms with E-state index in [-0.39, 0.29) is 18.3 Å². The van der Waals surface area contributed by atoms with Crippen LogP contribution >= 0.6 is 0 Å². The van der Waals surface area contributed by atoms with E-state index in [2.05, 4.69) is 14.8 Å². The molecule has 0 fully saturated rings. The molecule has 0 aliphatic carbocycles. The number of nitrogens with zero attached hydrogens (tertiary/aromatic N) is 3. The predicted octanol–water partition coefficient (Wildman–Crippen LogP) is 0.851. The monoisotopic (exact) mass is 263 g/mol. The predicted molar refractivity (Wildman–Crippen MR) is 65.2 cm³/mol. The van der Waals surface area contributed by atoms with Crippen molar-refractivity contribution in [3.63, 3.8) is 0 Å². The number of carbonyl (C=O) groups excluding carboxylic acids is 1. The summed E-state index contributed by atoms with van der Waals surface area (Å²) in [5.74, 6) is -0.649. The molecule has 19 heavy (non-hydrogen) atoms. The van der Waals surface area contributed by atoms with Gasteiger partial charge in [-0.3, -0.25) is 9.78 Å². The van der Waals surface area contributed by atoms with Crippen LogP contribution in [0.1, 0.15) is 12.8 Å². The molecule has 0 unspecified atom stereocenters. The maximum atomic E-state index is 11.6. The number of aryl methyl sites for hydroxylation is 1. The summed E-state index contributed by atoms with van der Waals surface area (Å²) in [6, 6.07) is 3.47. The molecule has 2 heterocycles. The normalized spacial score (nSPS) is 10.4. The highest BCUT2D eigenvalue weighted by Gasteiger charge is 2.10. The third kappa shape index (κ3) is 3.27. The molecule has 2 aromatic rings. The van der Waals surface area contributed by atoms with E-state index in [4.69, 9.17) is 4.42 Å². The molecule has 0 saturated heterocycles. The van der Waals surface area contributed by atoms with E-state index in [9.17, 15) is 9.59 Å². The number of carbonyl (C=O) groups is 1. The van der Waals surface area contributed by atoms with Crippen molar-refractivity contribution >= 4 is 5.97 Å². The molecule has 2 rings (SSSR count). The zero-order chi connectivity index (χ0) is 13.7. The number of methoxy groups -OCH3 is 1. The summed E-state index contributed by atoms with van der Waals surface area (Å²) >= 11 is 0. The Morgan fingerprint density at radius 1 is 1.53 bits per heavy atom. The Balaban J connectivity index is 2.05. The second-order valence-corrected chi connectivity index (χ2v) is 3.82. The lowest BCUT2D eigenvalue weighted by Crippen LogP contribution is -2.16. The lowest BCUT2D eigenvalue weighted by atomic mass is 10.3. The van der Waals surface area contributed by atoms with Gasteiger partial charge in [-0.05, 0) is 18.6 Å². The molecule has 2 aromatic heterocycles. The quantitative estimate of drug-likeness (QED) is 0.743. The van der Waals surface area contributed by atoms with Crippen molar-refractivity contribution in [3.05, 3.63) is 35.1 Å². The first kappa shape index (κ1) is 13.0. The molecule has 0 bridgehead atoms. The largest absolute Gasteiger partial charge is 0.469 e. The lowest BCUT2D eigenvalue weighted by molar-refractivity contribution is -0.140. The van der Waals surface area contributed by atoms with Crippen LogP contribution in [0.4, 0.5) is 0 Å². The van der Waals surface area contributed by atoms with Gasteiger partial charge in [0.25, 0.3) is 5.89 Å². The summed E-state index contributed by atoms with van der Waals surface area (Å²) in [7, 11) is 1.32. The lowest BCUT2D eigenvalue weighted by Gasteiger charge is -1.98. The average molecular weight is 263 g/mol. The van der Waals surface area contributed by atoms with E-state index < -0.39 is 5.76 Å².